The molecule has 294 valence electrons. The average Bonchev–Trinajstić information content (AvgIpc) is 3.42. The van der Waals surface area contributed by atoms with E-state index in [-0.39, 0.29) is 24.0 Å². The molecule has 4 rings (SSSR count). The number of esters is 4. The third kappa shape index (κ3) is 8.80. The molecule has 1 aliphatic heterocycles. The molecule has 5 N–H and O–H groups in total. The second kappa shape index (κ2) is 17.1. The summed E-state index contributed by atoms with van der Waals surface area (Å²) in [4.78, 5) is 53.1. The fourth-order valence-corrected chi connectivity index (χ4v) is 7.94. The number of hydrogen-bond donors (Lipinski definition) is 4. The molecule has 13 heteroatoms. The molecule has 0 radical (unpaired) electrons. The summed E-state index contributed by atoms with van der Waals surface area (Å²) >= 11 is 0. The maximum absolute atomic E-state index is 13.5. The maximum atomic E-state index is 13.5. The fraction of sp³-hybridized carbons (Fsp3) is 0.650. The smallest absolute Gasteiger partial charge is 0.334 e. The van der Waals surface area contributed by atoms with Gasteiger partial charge in [-0.1, -0.05) is 50.8 Å². The standard InChI is InChI=1S/C40H57NO12/c1-8-10-11-12-13-16-30(44)50-34-32-31(24(4)33(34)51-36(45)23(3)9-2)35-40(48,39(7,47)37(46)52-35)28(22-38(32,6)53-25(5)42)49-29(43)17-14-15-26-18-20-27(41)21-19-26/h9,18-21,28,32-35,37,46-48H,8,10-17,22,41H2,1-7H3/b23-9-/t28-,32+,33-,34-,35-,37-,38-,39+,40+/m0/s1. The van der Waals surface area contributed by atoms with Crippen LogP contribution in [0, 0.1) is 5.92 Å². The van der Waals surface area contributed by atoms with Crippen LogP contribution in [0.5, 0.6) is 0 Å². The predicted molar refractivity (Wildman–Crippen MR) is 194 cm³/mol. The molecule has 0 unspecified atom stereocenters. The maximum Gasteiger partial charge on any atom is 0.334 e. The van der Waals surface area contributed by atoms with Crippen molar-refractivity contribution in [2.45, 2.75) is 160 Å². The predicted octanol–water partition coefficient (Wildman–Crippen LogP) is 4.52. The number of nitrogen functional groups attached to an aromatic ring is 1. The Hall–Kier alpha value is -3.78. The molecular weight excluding hydrogens is 686 g/mol. The first-order valence-corrected chi connectivity index (χ1v) is 18.7. The first kappa shape index (κ1) is 42.0. The molecule has 1 heterocycles. The molecule has 13 nitrogen and oxygen atoms in total. The minimum Gasteiger partial charge on any atom is -0.459 e. The van der Waals surface area contributed by atoms with E-state index >= 15 is 0 Å². The van der Waals surface area contributed by atoms with Crippen LogP contribution in [0.25, 0.3) is 0 Å². The Kier molecular flexibility index (Phi) is 13.6. The number of ether oxygens (including phenoxy) is 5. The number of nitrogens with two attached hydrogens (primary N) is 1. The van der Waals surface area contributed by atoms with Crippen LogP contribution in [0.3, 0.4) is 0 Å². The van der Waals surface area contributed by atoms with Gasteiger partial charge in [0, 0.05) is 37.4 Å². The molecule has 2 aliphatic carbocycles. The number of fused-ring (bicyclic) bond motifs is 3. The molecule has 53 heavy (non-hydrogen) atoms. The number of aryl methyl sites for hydroxylation is 1. The van der Waals surface area contributed by atoms with Crippen molar-refractivity contribution in [3.05, 3.63) is 52.6 Å². The summed E-state index contributed by atoms with van der Waals surface area (Å²) < 4.78 is 30.1. The highest BCUT2D eigenvalue weighted by atomic mass is 16.7. The molecule has 0 spiro atoms. The summed E-state index contributed by atoms with van der Waals surface area (Å²) in [5.74, 6) is -3.83. The van der Waals surface area contributed by atoms with Gasteiger partial charge in [-0.2, -0.15) is 0 Å². The Balaban J connectivity index is 1.77. The topological polar surface area (TPSA) is 201 Å². The van der Waals surface area contributed by atoms with Crippen molar-refractivity contribution in [3.8, 4) is 0 Å². The normalized spacial score (nSPS) is 32.4. The molecular formula is C40H57NO12. The first-order valence-electron chi connectivity index (χ1n) is 18.7. The Bertz CT molecular complexity index is 1570. The van der Waals surface area contributed by atoms with Crippen molar-refractivity contribution < 1.29 is 58.2 Å². The Morgan fingerprint density at radius 1 is 0.943 bits per heavy atom. The first-order chi connectivity index (χ1) is 24.9. The van der Waals surface area contributed by atoms with Crippen molar-refractivity contribution in [2.24, 2.45) is 5.92 Å². The van der Waals surface area contributed by atoms with E-state index in [0.29, 0.717) is 30.5 Å². The van der Waals surface area contributed by atoms with Crippen LogP contribution >= 0.6 is 0 Å². The molecule has 2 fully saturated rings. The van der Waals surface area contributed by atoms with Crippen molar-refractivity contribution in [2.75, 3.05) is 5.73 Å². The molecule has 1 saturated heterocycles. The van der Waals surface area contributed by atoms with Gasteiger partial charge in [-0.15, -0.1) is 0 Å². The monoisotopic (exact) mass is 743 g/mol. The average molecular weight is 744 g/mol. The lowest BCUT2D eigenvalue weighted by Gasteiger charge is -2.43. The number of unbranched alkanes of at least 4 members (excludes halogenated alkanes) is 4. The largest absolute Gasteiger partial charge is 0.459 e. The van der Waals surface area contributed by atoms with Crippen LogP contribution in [0.1, 0.15) is 112 Å². The number of rotatable bonds is 15. The third-order valence-corrected chi connectivity index (χ3v) is 11.0. The van der Waals surface area contributed by atoms with Crippen LogP contribution in [-0.4, -0.2) is 86.7 Å². The van der Waals surface area contributed by atoms with Gasteiger partial charge in [0.25, 0.3) is 0 Å². The number of anilines is 1. The van der Waals surface area contributed by atoms with Crippen molar-refractivity contribution in [1.82, 2.24) is 0 Å². The highest BCUT2D eigenvalue weighted by Gasteiger charge is 2.75. The zero-order valence-corrected chi connectivity index (χ0v) is 32.0. The Labute approximate surface area is 311 Å². The number of allylic oxidation sites excluding steroid dienone is 1. The molecule has 0 aromatic heterocycles. The van der Waals surface area contributed by atoms with E-state index in [1.54, 1.807) is 45.9 Å². The zero-order chi connectivity index (χ0) is 39.3. The summed E-state index contributed by atoms with van der Waals surface area (Å²) in [6.07, 6.45) is -1.15. The van der Waals surface area contributed by atoms with E-state index < -0.39 is 83.7 Å². The molecule has 1 saturated carbocycles. The summed E-state index contributed by atoms with van der Waals surface area (Å²) in [7, 11) is 0. The lowest BCUT2D eigenvalue weighted by atomic mass is 9.75. The molecule has 1 aromatic rings. The summed E-state index contributed by atoms with van der Waals surface area (Å²) in [5, 5.41) is 35.6. The molecule has 0 bridgehead atoms. The number of benzene rings is 1. The molecule has 0 amide bonds. The highest BCUT2D eigenvalue weighted by molar-refractivity contribution is 5.88. The second-order valence-corrected chi connectivity index (χ2v) is 15.1. The number of aliphatic hydroxyl groups is 3. The quantitative estimate of drug-likeness (QED) is 0.0488. The van der Waals surface area contributed by atoms with E-state index in [2.05, 4.69) is 6.92 Å². The lowest BCUT2D eigenvalue weighted by molar-refractivity contribution is -0.228. The SMILES string of the molecule is C/C=C(/C)C(=O)O[C@H]1C(C)=C2[C@H]([C@@H]1OC(=O)CCCCCCC)[C@@](C)(OC(C)=O)C[C@H](OC(=O)CCCc1ccc(N)cc1)[C@@]1(O)[C@H]2O[C@H](O)[C@@]1(C)O. The van der Waals surface area contributed by atoms with E-state index in [4.69, 9.17) is 29.4 Å². The Morgan fingerprint density at radius 2 is 1.57 bits per heavy atom. The van der Waals surface area contributed by atoms with Crippen LogP contribution in [0.15, 0.2) is 47.1 Å². The van der Waals surface area contributed by atoms with E-state index in [1.165, 1.54) is 6.92 Å². The molecule has 9 atom stereocenters. The van der Waals surface area contributed by atoms with Crippen LogP contribution < -0.4 is 5.73 Å². The van der Waals surface area contributed by atoms with Gasteiger partial charge in [-0.3, -0.25) is 14.4 Å². The van der Waals surface area contributed by atoms with Crippen LogP contribution in [0.4, 0.5) is 5.69 Å². The van der Waals surface area contributed by atoms with E-state index in [1.807, 2.05) is 12.1 Å². The molecule has 3 aliphatic rings. The number of aliphatic hydroxyl groups excluding tert-OH is 1. The van der Waals surface area contributed by atoms with Gasteiger partial charge in [0.1, 0.15) is 23.4 Å². The van der Waals surface area contributed by atoms with E-state index in [0.717, 1.165) is 38.2 Å². The van der Waals surface area contributed by atoms with Crippen molar-refractivity contribution in [1.29, 1.82) is 0 Å². The van der Waals surface area contributed by atoms with E-state index in [9.17, 15) is 34.5 Å². The summed E-state index contributed by atoms with van der Waals surface area (Å²) in [5.41, 5.74) is 1.49. The van der Waals surface area contributed by atoms with Gasteiger partial charge in [-0.05, 0) is 82.7 Å². The van der Waals surface area contributed by atoms with Crippen molar-refractivity contribution in [3.63, 3.8) is 0 Å². The minimum atomic E-state index is -2.52. The third-order valence-electron chi connectivity index (χ3n) is 11.0. The molecule has 1 aromatic carbocycles. The zero-order valence-electron chi connectivity index (χ0n) is 32.0. The van der Waals surface area contributed by atoms with Gasteiger partial charge < -0.3 is 44.7 Å². The number of hydrogen-bond acceptors (Lipinski definition) is 13. The van der Waals surface area contributed by atoms with Crippen LogP contribution in [0.2, 0.25) is 0 Å². The Morgan fingerprint density at radius 3 is 2.19 bits per heavy atom. The van der Waals surface area contributed by atoms with Gasteiger partial charge in [0.15, 0.2) is 24.1 Å². The lowest BCUT2D eigenvalue weighted by Crippen LogP contribution is -2.65. The van der Waals surface area contributed by atoms with Gasteiger partial charge in [0.05, 0.1) is 5.92 Å². The fourth-order valence-electron chi connectivity index (χ4n) is 7.94. The van der Waals surface area contributed by atoms with Crippen molar-refractivity contribution >= 4 is 29.6 Å². The summed E-state index contributed by atoms with van der Waals surface area (Å²) in [6, 6.07) is 7.23. The summed E-state index contributed by atoms with van der Waals surface area (Å²) in [6.45, 7) is 10.8. The minimum absolute atomic E-state index is 0.0660. The van der Waals surface area contributed by atoms with Gasteiger partial charge in [0.2, 0.25) is 0 Å². The number of carbonyl (C=O) groups excluding carboxylic acids is 4. The van der Waals surface area contributed by atoms with Crippen LogP contribution in [-0.2, 0) is 49.3 Å². The number of carbonyl (C=O) groups is 4. The van der Waals surface area contributed by atoms with Gasteiger partial charge in [-0.25, -0.2) is 4.79 Å². The van der Waals surface area contributed by atoms with Gasteiger partial charge >= 0.3 is 23.9 Å². The second-order valence-electron chi connectivity index (χ2n) is 15.1. The highest BCUT2D eigenvalue weighted by Crippen LogP contribution is 2.58.